The smallest absolute Gasteiger partial charge is 0.228 e. The van der Waals surface area contributed by atoms with Gasteiger partial charge in [-0.2, -0.15) is 0 Å². The molecule has 0 spiro atoms. The molecule has 0 fully saturated rings. The molecule has 2 heterocycles. The lowest BCUT2D eigenvalue weighted by Crippen LogP contribution is -2.03. The van der Waals surface area contributed by atoms with E-state index in [4.69, 9.17) is 5.73 Å². The highest BCUT2D eigenvalue weighted by Crippen LogP contribution is 2.38. The van der Waals surface area contributed by atoms with Gasteiger partial charge in [0.2, 0.25) is 5.91 Å². The first kappa shape index (κ1) is 12.5. The van der Waals surface area contributed by atoms with Crippen molar-refractivity contribution in [1.82, 2.24) is 4.98 Å². The molecular weight excluding hydrogens is 326 g/mol. The summed E-state index contributed by atoms with van der Waals surface area (Å²) in [6.07, 6.45) is 2.14. The van der Waals surface area contributed by atoms with E-state index in [-0.39, 0.29) is 5.91 Å². The van der Waals surface area contributed by atoms with Crippen LogP contribution in [-0.2, 0) is 11.2 Å². The fraction of sp³-hybridized carbons (Fsp3) is 0.0769. The predicted molar refractivity (Wildman–Crippen MR) is 79.2 cm³/mol. The van der Waals surface area contributed by atoms with Gasteiger partial charge in [-0.1, -0.05) is 11.8 Å². The van der Waals surface area contributed by atoms with Crippen molar-refractivity contribution in [2.24, 2.45) is 0 Å². The Morgan fingerprint density at radius 2 is 2.26 bits per heavy atom. The zero-order chi connectivity index (χ0) is 13.4. The fourth-order valence-corrected chi connectivity index (χ4v) is 3.25. The van der Waals surface area contributed by atoms with E-state index in [1.807, 2.05) is 24.3 Å². The van der Waals surface area contributed by atoms with Gasteiger partial charge in [0.15, 0.2) is 0 Å². The fourth-order valence-electron chi connectivity index (χ4n) is 1.91. The second kappa shape index (κ2) is 4.86. The number of nitrogens with one attached hydrogen (secondary N) is 1. The molecule has 0 bridgehead atoms. The minimum atomic E-state index is 0.00978. The Morgan fingerprint density at radius 3 is 3.05 bits per heavy atom. The lowest BCUT2D eigenvalue weighted by molar-refractivity contribution is -0.115. The van der Waals surface area contributed by atoms with E-state index in [0.29, 0.717) is 12.1 Å². The number of nitrogens with two attached hydrogens (primary N) is 1. The molecule has 0 aliphatic carbocycles. The zero-order valence-electron chi connectivity index (χ0n) is 9.81. The summed E-state index contributed by atoms with van der Waals surface area (Å²) in [7, 11) is 0. The van der Waals surface area contributed by atoms with Crippen LogP contribution < -0.4 is 11.1 Å². The van der Waals surface area contributed by atoms with Gasteiger partial charge in [-0.15, -0.1) is 0 Å². The molecule has 2 aromatic rings. The molecule has 1 aromatic heterocycles. The van der Waals surface area contributed by atoms with Crippen molar-refractivity contribution in [2.45, 2.75) is 16.3 Å². The minimum Gasteiger partial charge on any atom is -0.398 e. The first-order chi connectivity index (χ1) is 9.13. The number of nitrogen functional groups attached to an aromatic ring is 1. The van der Waals surface area contributed by atoms with E-state index >= 15 is 0 Å². The van der Waals surface area contributed by atoms with E-state index < -0.39 is 0 Å². The lowest BCUT2D eigenvalue weighted by Gasteiger charge is -2.08. The number of hydrogen-bond donors (Lipinski definition) is 2. The van der Waals surface area contributed by atoms with Crippen molar-refractivity contribution in [1.29, 1.82) is 0 Å². The Kier molecular flexibility index (Phi) is 3.20. The SMILES string of the molecule is Nc1cc2c(cc1Sc1ncccc1Br)NC(=O)C2. The number of rotatable bonds is 2. The maximum atomic E-state index is 11.4. The van der Waals surface area contributed by atoms with Gasteiger partial charge in [-0.25, -0.2) is 4.98 Å². The molecule has 6 heteroatoms. The molecule has 1 amide bonds. The zero-order valence-corrected chi connectivity index (χ0v) is 12.2. The predicted octanol–water partition coefficient (Wildman–Crippen LogP) is 3.07. The van der Waals surface area contributed by atoms with Gasteiger partial charge in [0.25, 0.3) is 0 Å². The maximum Gasteiger partial charge on any atom is 0.228 e. The first-order valence-corrected chi connectivity index (χ1v) is 7.25. The number of halogens is 1. The molecule has 3 N–H and O–H groups in total. The van der Waals surface area contributed by atoms with Gasteiger partial charge in [0.05, 0.1) is 10.9 Å². The number of fused-ring (bicyclic) bond motifs is 1. The van der Waals surface area contributed by atoms with Crippen LogP contribution in [0.4, 0.5) is 11.4 Å². The third-order valence-corrected chi connectivity index (χ3v) is 4.79. The van der Waals surface area contributed by atoms with Gasteiger partial charge in [-0.3, -0.25) is 4.79 Å². The number of benzene rings is 1. The van der Waals surface area contributed by atoms with Gasteiger partial charge in [0, 0.05) is 22.5 Å². The Bertz CT molecular complexity index is 675. The summed E-state index contributed by atoms with van der Waals surface area (Å²) in [5.74, 6) is 0.00978. The number of aromatic nitrogens is 1. The third-order valence-electron chi connectivity index (χ3n) is 2.79. The van der Waals surface area contributed by atoms with Crippen LogP contribution in [0.25, 0.3) is 0 Å². The molecule has 3 rings (SSSR count). The maximum absolute atomic E-state index is 11.4. The number of nitrogens with zero attached hydrogens (tertiary/aromatic N) is 1. The summed E-state index contributed by atoms with van der Waals surface area (Å²) in [6.45, 7) is 0. The van der Waals surface area contributed by atoms with Crippen LogP contribution >= 0.6 is 27.7 Å². The normalized spacial score (nSPS) is 13.2. The summed E-state index contributed by atoms with van der Waals surface area (Å²) in [4.78, 5) is 16.5. The van der Waals surface area contributed by atoms with Gasteiger partial charge < -0.3 is 11.1 Å². The Morgan fingerprint density at radius 1 is 1.42 bits per heavy atom. The monoisotopic (exact) mass is 335 g/mol. The Balaban J connectivity index is 1.97. The standard InChI is InChI=1S/C13H10BrN3OS/c14-8-2-1-3-16-13(8)19-11-6-10-7(4-9(11)15)5-12(18)17-10/h1-4,6H,5,15H2,(H,17,18). The van der Waals surface area contributed by atoms with Crippen molar-refractivity contribution >= 4 is 45.0 Å². The summed E-state index contributed by atoms with van der Waals surface area (Å²) >= 11 is 4.93. The average molecular weight is 336 g/mol. The topological polar surface area (TPSA) is 68.0 Å². The summed E-state index contributed by atoms with van der Waals surface area (Å²) in [5, 5.41) is 3.67. The minimum absolute atomic E-state index is 0.00978. The highest BCUT2D eigenvalue weighted by atomic mass is 79.9. The van der Waals surface area contributed by atoms with Crippen molar-refractivity contribution in [2.75, 3.05) is 11.1 Å². The molecule has 4 nitrogen and oxygen atoms in total. The van der Waals surface area contributed by atoms with E-state index in [1.54, 1.807) is 6.20 Å². The quantitative estimate of drug-likeness (QED) is 0.827. The molecule has 0 radical (unpaired) electrons. The molecule has 0 saturated heterocycles. The highest BCUT2D eigenvalue weighted by Gasteiger charge is 2.20. The van der Waals surface area contributed by atoms with Crippen LogP contribution in [0.3, 0.4) is 0 Å². The van der Waals surface area contributed by atoms with Crippen LogP contribution in [0.2, 0.25) is 0 Å². The van der Waals surface area contributed by atoms with Gasteiger partial charge in [-0.05, 0) is 45.8 Å². The molecular formula is C13H10BrN3OS. The van der Waals surface area contributed by atoms with E-state index in [1.165, 1.54) is 11.8 Å². The first-order valence-electron chi connectivity index (χ1n) is 5.64. The molecule has 0 atom stereocenters. The largest absolute Gasteiger partial charge is 0.398 e. The summed E-state index contributed by atoms with van der Waals surface area (Å²) in [6, 6.07) is 7.55. The van der Waals surface area contributed by atoms with Crippen LogP contribution in [0.1, 0.15) is 5.56 Å². The summed E-state index contributed by atoms with van der Waals surface area (Å²) < 4.78 is 0.920. The van der Waals surface area contributed by atoms with Gasteiger partial charge >= 0.3 is 0 Å². The number of pyridine rings is 1. The van der Waals surface area contributed by atoms with E-state index in [2.05, 4.69) is 26.2 Å². The Hall–Kier alpha value is -1.53. The molecule has 19 heavy (non-hydrogen) atoms. The average Bonchev–Trinajstić information content (AvgIpc) is 2.71. The number of carbonyl (C=O) groups excluding carboxylic acids is 1. The van der Waals surface area contributed by atoms with Crippen molar-refractivity contribution in [3.8, 4) is 0 Å². The Labute approximate surface area is 122 Å². The highest BCUT2D eigenvalue weighted by molar-refractivity contribution is 9.10. The van der Waals surface area contributed by atoms with Crippen LogP contribution in [0, 0.1) is 0 Å². The molecule has 1 aliphatic rings. The number of amides is 1. The van der Waals surface area contributed by atoms with Crippen LogP contribution in [0.5, 0.6) is 0 Å². The molecule has 1 aliphatic heterocycles. The lowest BCUT2D eigenvalue weighted by atomic mass is 10.1. The molecule has 96 valence electrons. The number of anilines is 2. The molecule has 1 aromatic carbocycles. The van der Waals surface area contributed by atoms with E-state index in [9.17, 15) is 4.79 Å². The van der Waals surface area contributed by atoms with Crippen LogP contribution in [0.15, 0.2) is 44.9 Å². The van der Waals surface area contributed by atoms with Gasteiger partial charge in [0.1, 0.15) is 5.03 Å². The van der Waals surface area contributed by atoms with Crippen molar-refractivity contribution in [3.05, 3.63) is 40.5 Å². The molecule has 0 unspecified atom stereocenters. The second-order valence-electron chi connectivity index (χ2n) is 4.16. The number of hydrogen-bond acceptors (Lipinski definition) is 4. The molecule has 0 saturated carbocycles. The van der Waals surface area contributed by atoms with Crippen LogP contribution in [-0.4, -0.2) is 10.9 Å². The second-order valence-corrected chi connectivity index (χ2v) is 6.05. The van der Waals surface area contributed by atoms with Crippen molar-refractivity contribution < 1.29 is 4.79 Å². The van der Waals surface area contributed by atoms with E-state index in [0.717, 1.165) is 25.6 Å². The third kappa shape index (κ3) is 2.46. The van der Waals surface area contributed by atoms with Crippen molar-refractivity contribution in [3.63, 3.8) is 0 Å². The summed E-state index contributed by atoms with van der Waals surface area (Å²) in [5.41, 5.74) is 8.49. The number of carbonyl (C=O) groups is 1.